The van der Waals surface area contributed by atoms with Crippen LogP contribution in [0.1, 0.15) is 52.9 Å². The van der Waals surface area contributed by atoms with Gasteiger partial charge in [0, 0.05) is 18.5 Å². The Morgan fingerprint density at radius 2 is 2.24 bits per heavy atom. The van der Waals surface area contributed by atoms with Crippen molar-refractivity contribution in [2.75, 3.05) is 20.1 Å². The van der Waals surface area contributed by atoms with Crippen molar-refractivity contribution in [1.29, 1.82) is 0 Å². The molecule has 3 atom stereocenters. The van der Waals surface area contributed by atoms with E-state index in [9.17, 15) is 4.79 Å². The van der Waals surface area contributed by atoms with Crippen molar-refractivity contribution in [2.45, 2.75) is 52.9 Å². The monoisotopic (exact) mass is 239 g/mol. The van der Waals surface area contributed by atoms with Crippen molar-refractivity contribution in [3.05, 3.63) is 0 Å². The fraction of sp³-hybridized carbons (Fsp3) is 0.933. The molecule has 2 heteroatoms. The summed E-state index contributed by atoms with van der Waals surface area (Å²) in [5.41, 5.74) is -0.0557. The molecule has 0 N–H and O–H groups in total. The average Bonchev–Trinajstić information content (AvgIpc) is 2.28. The molecule has 3 unspecified atom stereocenters. The molecule has 1 saturated carbocycles. The van der Waals surface area contributed by atoms with Gasteiger partial charge in [-0.3, -0.25) is 0 Å². The molecule has 1 aliphatic carbocycles. The SMILES string of the molecule is CCC(C)CN(C)CC1(C=O)CCCC(C)C1. The first-order valence-electron chi connectivity index (χ1n) is 7.16. The zero-order valence-electron chi connectivity index (χ0n) is 12.0. The quantitative estimate of drug-likeness (QED) is 0.662. The van der Waals surface area contributed by atoms with Crippen LogP contribution < -0.4 is 0 Å². The summed E-state index contributed by atoms with van der Waals surface area (Å²) in [6.07, 6.45) is 7.15. The molecule has 0 radical (unpaired) electrons. The highest BCUT2D eigenvalue weighted by atomic mass is 16.1. The second-order valence-electron chi connectivity index (χ2n) is 6.39. The third-order valence-electron chi connectivity index (χ3n) is 4.28. The Morgan fingerprint density at radius 1 is 1.53 bits per heavy atom. The lowest BCUT2D eigenvalue weighted by atomic mass is 9.70. The summed E-state index contributed by atoms with van der Waals surface area (Å²) >= 11 is 0. The molecule has 1 rings (SSSR count). The minimum atomic E-state index is -0.0557. The Bertz CT molecular complexity index is 241. The number of nitrogens with zero attached hydrogens (tertiary/aromatic N) is 1. The number of rotatable bonds is 6. The van der Waals surface area contributed by atoms with E-state index in [4.69, 9.17) is 0 Å². The third-order valence-corrected chi connectivity index (χ3v) is 4.28. The Morgan fingerprint density at radius 3 is 2.76 bits per heavy atom. The Balaban J connectivity index is 2.53. The Hall–Kier alpha value is -0.370. The van der Waals surface area contributed by atoms with Crippen molar-refractivity contribution >= 4 is 6.29 Å². The van der Waals surface area contributed by atoms with Gasteiger partial charge in [0.25, 0.3) is 0 Å². The van der Waals surface area contributed by atoms with Crippen LogP contribution in [0.15, 0.2) is 0 Å². The van der Waals surface area contributed by atoms with Crippen molar-refractivity contribution in [2.24, 2.45) is 17.3 Å². The summed E-state index contributed by atoms with van der Waals surface area (Å²) in [7, 11) is 2.16. The second kappa shape index (κ2) is 6.53. The number of carbonyl (C=O) groups excluding carboxylic acids is 1. The smallest absolute Gasteiger partial charge is 0.127 e. The van der Waals surface area contributed by atoms with Gasteiger partial charge in [0.1, 0.15) is 6.29 Å². The van der Waals surface area contributed by atoms with E-state index in [1.165, 1.54) is 25.5 Å². The molecule has 1 fully saturated rings. The van der Waals surface area contributed by atoms with Crippen LogP contribution in [0.5, 0.6) is 0 Å². The van der Waals surface area contributed by atoms with E-state index in [1.807, 2.05) is 0 Å². The summed E-state index contributed by atoms with van der Waals surface area (Å²) in [6.45, 7) is 8.86. The maximum atomic E-state index is 11.5. The van der Waals surface area contributed by atoms with E-state index in [0.717, 1.165) is 31.8 Å². The predicted molar refractivity (Wildman–Crippen MR) is 73.1 cm³/mol. The van der Waals surface area contributed by atoms with Gasteiger partial charge in [-0.25, -0.2) is 0 Å². The lowest BCUT2D eigenvalue weighted by Crippen LogP contribution is -2.41. The van der Waals surface area contributed by atoms with Crippen molar-refractivity contribution in [3.8, 4) is 0 Å². The molecule has 0 aromatic heterocycles. The molecule has 1 aliphatic rings. The lowest BCUT2D eigenvalue weighted by Gasteiger charge is -2.38. The molecule has 17 heavy (non-hydrogen) atoms. The highest BCUT2D eigenvalue weighted by Gasteiger charge is 2.35. The fourth-order valence-corrected chi connectivity index (χ4v) is 3.25. The van der Waals surface area contributed by atoms with Crippen LogP contribution in [0.3, 0.4) is 0 Å². The maximum Gasteiger partial charge on any atom is 0.127 e. The van der Waals surface area contributed by atoms with Crippen molar-refractivity contribution < 1.29 is 4.79 Å². The highest BCUT2D eigenvalue weighted by molar-refractivity contribution is 5.60. The van der Waals surface area contributed by atoms with E-state index >= 15 is 0 Å². The average molecular weight is 239 g/mol. The zero-order valence-corrected chi connectivity index (χ0v) is 12.0. The van der Waals surface area contributed by atoms with Gasteiger partial charge in [-0.2, -0.15) is 0 Å². The third kappa shape index (κ3) is 4.42. The minimum absolute atomic E-state index is 0.0557. The van der Waals surface area contributed by atoms with E-state index in [1.54, 1.807) is 0 Å². The largest absolute Gasteiger partial charge is 0.305 e. The predicted octanol–water partition coefficient (Wildman–Crippen LogP) is 3.36. The molecule has 0 spiro atoms. The number of carbonyl (C=O) groups is 1. The number of aldehydes is 1. The first-order chi connectivity index (χ1) is 8.01. The van der Waals surface area contributed by atoms with E-state index in [-0.39, 0.29) is 5.41 Å². The van der Waals surface area contributed by atoms with Gasteiger partial charge < -0.3 is 9.69 Å². The van der Waals surface area contributed by atoms with Gasteiger partial charge in [0.05, 0.1) is 0 Å². The number of hydrogen-bond acceptors (Lipinski definition) is 2. The fourth-order valence-electron chi connectivity index (χ4n) is 3.25. The van der Waals surface area contributed by atoms with Gasteiger partial charge >= 0.3 is 0 Å². The normalized spacial score (nSPS) is 31.5. The molecule has 0 aliphatic heterocycles. The topological polar surface area (TPSA) is 20.3 Å². The number of hydrogen-bond donors (Lipinski definition) is 0. The molecule has 0 saturated heterocycles. The van der Waals surface area contributed by atoms with Crippen LogP contribution in [-0.2, 0) is 4.79 Å². The lowest BCUT2D eigenvalue weighted by molar-refractivity contribution is -0.119. The summed E-state index contributed by atoms with van der Waals surface area (Å²) in [5.74, 6) is 1.44. The molecule has 0 aromatic rings. The first kappa shape index (κ1) is 14.7. The van der Waals surface area contributed by atoms with Crippen LogP contribution in [0.2, 0.25) is 0 Å². The Labute approximate surface area is 107 Å². The summed E-state index contributed by atoms with van der Waals surface area (Å²) in [5, 5.41) is 0. The molecule has 2 nitrogen and oxygen atoms in total. The van der Waals surface area contributed by atoms with Gasteiger partial charge in [-0.1, -0.05) is 40.0 Å². The molecule has 0 amide bonds. The van der Waals surface area contributed by atoms with Crippen LogP contribution in [-0.4, -0.2) is 31.3 Å². The summed E-state index contributed by atoms with van der Waals surface area (Å²) in [4.78, 5) is 13.9. The van der Waals surface area contributed by atoms with Crippen LogP contribution in [0.4, 0.5) is 0 Å². The molecule has 0 bridgehead atoms. The van der Waals surface area contributed by atoms with Gasteiger partial charge in [-0.15, -0.1) is 0 Å². The molecular weight excluding hydrogens is 210 g/mol. The highest BCUT2D eigenvalue weighted by Crippen LogP contribution is 2.38. The molecule has 100 valence electrons. The minimum Gasteiger partial charge on any atom is -0.305 e. The molecular formula is C15H29NO. The van der Waals surface area contributed by atoms with Crippen LogP contribution in [0.25, 0.3) is 0 Å². The van der Waals surface area contributed by atoms with Gasteiger partial charge in [-0.05, 0) is 31.7 Å². The Kier molecular flexibility index (Phi) is 5.64. The van der Waals surface area contributed by atoms with Crippen molar-refractivity contribution in [1.82, 2.24) is 4.90 Å². The molecule has 0 heterocycles. The first-order valence-corrected chi connectivity index (χ1v) is 7.16. The van der Waals surface area contributed by atoms with E-state index in [2.05, 4.69) is 32.7 Å². The van der Waals surface area contributed by atoms with Crippen LogP contribution >= 0.6 is 0 Å². The second-order valence-corrected chi connectivity index (χ2v) is 6.39. The maximum absolute atomic E-state index is 11.5. The van der Waals surface area contributed by atoms with Gasteiger partial charge in [0.2, 0.25) is 0 Å². The van der Waals surface area contributed by atoms with E-state index in [0.29, 0.717) is 5.92 Å². The van der Waals surface area contributed by atoms with Gasteiger partial charge in [0.15, 0.2) is 0 Å². The standard InChI is InChI=1S/C15H29NO/c1-5-13(2)10-16(4)11-15(12-17)8-6-7-14(3)9-15/h12-14H,5-11H2,1-4H3. The van der Waals surface area contributed by atoms with Crippen molar-refractivity contribution in [3.63, 3.8) is 0 Å². The zero-order chi connectivity index (χ0) is 12.9. The summed E-state index contributed by atoms with van der Waals surface area (Å²) in [6, 6.07) is 0. The molecule has 0 aromatic carbocycles. The summed E-state index contributed by atoms with van der Waals surface area (Å²) < 4.78 is 0. The van der Waals surface area contributed by atoms with E-state index < -0.39 is 0 Å². The van der Waals surface area contributed by atoms with Crippen LogP contribution in [0, 0.1) is 17.3 Å².